The van der Waals surface area contributed by atoms with Gasteiger partial charge in [0.2, 0.25) is 0 Å². The first-order chi connectivity index (χ1) is 20.7. The molecule has 0 bridgehead atoms. The number of aromatic nitrogens is 1. The van der Waals surface area contributed by atoms with Gasteiger partial charge < -0.3 is 24.8 Å². The lowest BCUT2D eigenvalue weighted by atomic mass is 9.72. The number of nitrogens with one attached hydrogen (secondary N) is 1. The average molecular weight is 600 g/mol. The molecule has 224 valence electrons. The van der Waals surface area contributed by atoms with Crippen molar-refractivity contribution in [2.75, 3.05) is 37.7 Å². The third-order valence-corrected chi connectivity index (χ3v) is 9.15. The minimum atomic E-state index is -1.04. The summed E-state index contributed by atoms with van der Waals surface area (Å²) in [6.07, 6.45) is 5.05. The van der Waals surface area contributed by atoms with E-state index in [9.17, 15) is 15.0 Å². The van der Waals surface area contributed by atoms with E-state index in [-0.39, 0.29) is 23.6 Å². The second kappa shape index (κ2) is 12.1. The van der Waals surface area contributed by atoms with E-state index in [1.165, 1.54) is 16.7 Å². The van der Waals surface area contributed by atoms with Crippen LogP contribution in [0.5, 0.6) is 11.5 Å². The Bertz CT molecular complexity index is 1660. The normalized spacial score (nSPS) is 19.2. The molecule has 2 aliphatic rings. The highest BCUT2D eigenvalue weighted by Gasteiger charge is 2.32. The molecule has 2 heterocycles. The number of carboxylic acid groups (broad SMARTS) is 1. The van der Waals surface area contributed by atoms with Crippen LogP contribution >= 0.6 is 11.6 Å². The molecule has 7 nitrogen and oxygen atoms in total. The first-order valence-electron chi connectivity index (χ1n) is 14.9. The molecule has 1 unspecified atom stereocenters. The van der Waals surface area contributed by atoms with Crippen molar-refractivity contribution < 1.29 is 19.7 Å². The summed E-state index contributed by atoms with van der Waals surface area (Å²) in [6, 6.07) is 21.0. The second-order valence-electron chi connectivity index (χ2n) is 12.5. The van der Waals surface area contributed by atoms with Gasteiger partial charge >= 0.3 is 5.97 Å². The molecule has 0 saturated carbocycles. The van der Waals surface area contributed by atoms with E-state index in [0.29, 0.717) is 18.0 Å². The van der Waals surface area contributed by atoms with Gasteiger partial charge in [0.15, 0.2) is 0 Å². The maximum atomic E-state index is 12.0. The Balaban J connectivity index is 1.22. The van der Waals surface area contributed by atoms with Crippen LogP contribution in [0.3, 0.4) is 0 Å². The van der Waals surface area contributed by atoms with E-state index in [1.54, 1.807) is 12.1 Å². The molecule has 0 spiro atoms. The Hall–Kier alpha value is -3.78. The van der Waals surface area contributed by atoms with Crippen molar-refractivity contribution in [2.24, 2.45) is 5.41 Å². The minimum Gasteiger partial charge on any atom is -0.478 e. The third-order valence-electron chi connectivity index (χ3n) is 8.90. The van der Waals surface area contributed by atoms with Crippen molar-refractivity contribution in [3.63, 3.8) is 0 Å². The zero-order chi connectivity index (χ0) is 30.1. The largest absolute Gasteiger partial charge is 0.478 e. The molecule has 4 aromatic rings. The van der Waals surface area contributed by atoms with Gasteiger partial charge in [0.1, 0.15) is 17.1 Å². The van der Waals surface area contributed by atoms with Crippen LogP contribution in [0.1, 0.15) is 49.0 Å². The summed E-state index contributed by atoms with van der Waals surface area (Å²) in [5.41, 5.74) is 6.28. The van der Waals surface area contributed by atoms with Gasteiger partial charge in [0.25, 0.3) is 0 Å². The van der Waals surface area contributed by atoms with E-state index in [1.807, 2.05) is 48.7 Å². The highest BCUT2D eigenvalue weighted by atomic mass is 35.5. The van der Waals surface area contributed by atoms with Crippen LogP contribution in [0.25, 0.3) is 16.5 Å². The molecular formula is C35H38ClN3O4. The number of hydrogen-bond donors (Lipinski definition) is 3. The molecule has 8 heteroatoms. The van der Waals surface area contributed by atoms with Crippen LogP contribution in [-0.2, 0) is 0 Å². The Kier molecular flexibility index (Phi) is 8.23. The Morgan fingerprint density at radius 1 is 1.07 bits per heavy atom. The summed E-state index contributed by atoms with van der Waals surface area (Å²) in [5, 5.41) is 22.1. The molecule has 1 atom stereocenters. The third kappa shape index (κ3) is 6.44. The van der Waals surface area contributed by atoms with E-state index >= 15 is 0 Å². The second-order valence-corrected chi connectivity index (χ2v) is 12.9. The number of allylic oxidation sites excluding steroid dienone is 1. The monoisotopic (exact) mass is 599 g/mol. The number of carbonyl (C=O) groups is 1. The van der Waals surface area contributed by atoms with Crippen molar-refractivity contribution in [1.29, 1.82) is 0 Å². The number of rotatable bonds is 8. The molecule has 0 radical (unpaired) electrons. The van der Waals surface area contributed by atoms with Gasteiger partial charge in [-0.3, -0.25) is 4.90 Å². The number of aliphatic hydroxyl groups is 1. The van der Waals surface area contributed by atoms with Gasteiger partial charge in [-0.05, 0) is 84.3 Å². The fraction of sp³-hybridized carbons (Fsp3) is 0.343. The first-order valence-corrected chi connectivity index (χ1v) is 15.3. The smallest absolute Gasteiger partial charge is 0.339 e. The molecule has 1 saturated heterocycles. The number of H-pyrrole nitrogens is 1. The average Bonchev–Trinajstić information content (AvgIpc) is 3.46. The fourth-order valence-electron chi connectivity index (χ4n) is 6.41. The SMILES string of the molecule is CC1(C)CCC(CN2CCN(c3ccc(C(=O)O)c(Oc4ccc5[nH]ccc5c4)c3)CC2CO)=C(c2ccc(Cl)cc2)C1. The van der Waals surface area contributed by atoms with Crippen LogP contribution in [0.2, 0.25) is 5.02 Å². The van der Waals surface area contributed by atoms with Gasteiger partial charge in [-0.25, -0.2) is 4.79 Å². The Labute approximate surface area is 257 Å². The lowest BCUT2D eigenvalue weighted by Gasteiger charge is -2.43. The number of carboxylic acids is 1. The summed E-state index contributed by atoms with van der Waals surface area (Å²) in [4.78, 5) is 19.8. The number of aromatic amines is 1. The molecule has 3 N–H and O–H groups in total. The van der Waals surface area contributed by atoms with E-state index < -0.39 is 5.97 Å². The molecule has 1 aliphatic heterocycles. The minimum absolute atomic E-state index is 0.0405. The maximum absolute atomic E-state index is 12.0. The quantitative estimate of drug-likeness (QED) is 0.195. The molecular weight excluding hydrogens is 562 g/mol. The summed E-state index contributed by atoms with van der Waals surface area (Å²) in [6.45, 7) is 7.70. The standard InChI is InChI=1S/C35H38ClN3O4/c1-35(2)13-11-25(31(19-35)23-3-5-26(36)6-4-23)20-38-15-16-39(21-28(38)22-40)27-7-9-30(34(41)42)33(18-27)43-29-8-10-32-24(17-29)12-14-37-32/h3-10,12,14,17-18,28,37,40H,11,13,15-16,19-22H2,1-2H3,(H,41,42). The number of aromatic carboxylic acids is 1. The fourth-order valence-corrected chi connectivity index (χ4v) is 6.53. The van der Waals surface area contributed by atoms with Gasteiger partial charge in [-0.1, -0.05) is 43.2 Å². The lowest BCUT2D eigenvalue weighted by molar-refractivity contribution is 0.0694. The molecule has 1 aliphatic carbocycles. The van der Waals surface area contributed by atoms with E-state index in [0.717, 1.165) is 60.5 Å². The van der Waals surface area contributed by atoms with Crippen molar-refractivity contribution in [3.05, 3.63) is 94.6 Å². The van der Waals surface area contributed by atoms with Crippen molar-refractivity contribution in [3.8, 4) is 11.5 Å². The van der Waals surface area contributed by atoms with Crippen LogP contribution in [0.15, 0.2) is 78.5 Å². The molecule has 43 heavy (non-hydrogen) atoms. The van der Waals surface area contributed by atoms with E-state index in [2.05, 4.69) is 40.8 Å². The van der Waals surface area contributed by atoms with Gasteiger partial charge in [0.05, 0.1) is 12.6 Å². The highest BCUT2D eigenvalue weighted by molar-refractivity contribution is 6.30. The van der Waals surface area contributed by atoms with Crippen molar-refractivity contribution in [1.82, 2.24) is 9.88 Å². The Morgan fingerprint density at radius 3 is 2.65 bits per heavy atom. The zero-order valence-electron chi connectivity index (χ0n) is 24.6. The van der Waals surface area contributed by atoms with Gasteiger partial charge in [-0.15, -0.1) is 0 Å². The predicted molar refractivity (Wildman–Crippen MR) is 172 cm³/mol. The molecule has 1 aromatic heterocycles. The number of piperazine rings is 1. The molecule has 1 fully saturated rings. The number of anilines is 1. The topological polar surface area (TPSA) is 89.0 Å². The highest BCUT2D eigenvalue weighted by Crippen LogP contribution is 2.43. The predicted octanol–water partition coefficient (Wildman–Crippen LogP) is 7.46. The van der Waals surface area contributed by atoms with Crippen LogP contribution in [0, 0.1) is 5.41 Å². The number of nitrogens with zero attached hydrogens (tertiary/aromatic N) is 2. The number of fused-ring (bicyclic) bond motifs is 1. The van der Waals surface area contributed by atoms with Crippen LogP contribution in [-0.4, -0.2) is 64.9 Å². The van der Waals surface area contributed by atoms with Crippen LogP contribution in [0.4, 0.5) is 5.69 Å². The summed E-state index contributed by atoms with van der Waals surface area (Å²) in [5.74, 6) is -0.168. The summed E-state index contributed by atoms with van der Waals surface area (Å²) < 4.78 is 6.14. The number of hydrogen-bond acceptors (Lipinski definition) is 5. The van der Waals surface area contributed by atoms with Gasteiger partial charge in [-0.2, -0.15) is 0 Å². The number of benzene rings is 3. The molecule has 6 rings (SSSR count). The number of aliphatic hydroxyl groups excluding tert-OH is 1. The summed E-state index contributed by atoms with van der Waals surface area (Å²) >= 11 is 6.20. The number of ether oxygens (including phenoxy) is 1. The van der Waals surface area contributed by atoms with Crippen molar-refractivity contribution in [2.45, 2.75) is 39.2 Å². The maximum Gasteiger partial charge on any atom is 0.339 e. The lowest BCUT2D eigenvalue weighted by Crippen LogP contribution is -2.55. The first kappa shape index (κ1) is 29.3. The number of halogens is 1. The Morgan fingerprint density at radius 2 is 1.88 bits per heavy atom. The van der Waals surface area contributed by atoms with Gasteiger partial charge in [0, 0.05) is 60.1 Å². The van der Waals surface area contributed by atoms with E-state index in [4.69, 9.17) is 16.3 Å². The molecule has 0 amide bonds. The summed E-state index contributed by atoms with van der Waals surface area (Å²) in [7, 11) is 0. The molecule has 3 aromatic carbocycles. The van der Waals surface area contributed by atoms with Crippen molar-refractivity contribution >= 4 is 39.7 Å². The van der Waals surface area contributed by atoms with Crippen LogP contribution < -0.4 is 9.64 Å². The zero-order valence-corrected chi connectivity index (χ0v) is 25.4.